The number of rotatable bonds is 4. The minimum absolute atomic E-state index is 0.263. The van der Waals surface area contributed by atoms with Gasteiger partial charge in [-0.25, -0.2) is 4.98 Å². The number of hydrogen-bond donors (Lipinski definition) is 1. The van der Waals surface area contributed by atoms with E-state index < -0.39 is 0 Å². The van der Waals surface area contributed by atoms with Crippen molar-refractivity contribution in [3.63, 3.8) is 0 Å². The van der Waals surface area contributed by atoms with Gasteiger partial charge in [0.15, 0.2) is 0 Å². The molecule has 30 heavy (non-hydrogen) atoms. The molecule has 0 bridgehead atoms. The number of aromatic amines is 1. The first-order valence-corrected chi connectivity index (χ1v) is 10.6. The molecule has 0 saturated heterocycles. The molecule has 0 saturated carbocycles. The van der Waals surface area contributed by atoms with Gasteiger partial charge in [0.1, 0.15) is 5.82 Å². The summed E-state index contributed by atoms with van der Waals surface area (Å²) in [7, 11) is 0. The molecule has 1 N–H and O–H groups in total. The third-order valence-corrected chi connectivity index (χ3v) is 5.48. The monoisotopic (exact) mass is 394 g/mol. The molecule has 0 aliphatic rings. The highest BCUT2D eigenvalue weighted by atomic mass is 14.9. The molecular formula is C28H30N2. The third-order valence-electron chi connectivity index (χ3n) is 5.48. The number of hydrogen-bond acceptors (Lipinski definition) is 1. The van der Waals surface area contributed by atoms with Gasteiger partial charge in [-0.1, -0.05) is 87.5 Å². The molecule has 0 unspecified atom stereocenters. The fraction of sp³-hybridized carbons (Fsp3) is 0.250. The zero-order chi connectivity index (χ0) is 21.3. The van der Waals surface area contributed by atoms with Gasteiger partial charge in [0.2, 0.25) is 0 Å². The van der Waals surface area contributed by atoms with Crippen molar-refractivity contribution in [1.29, 1.82) is 0 Å². The summed E-state index contributed by atoms with van der Waals surface area (Å²) in [5.41, 5.74) is 10.0. The molecule has 0 fully saturated rings. The quantitative estimate of drug-likeness (QED) is 0.379. The van der Waals surface area contributed by atoms with Crippen LogP contribution >= 0.6 is 0 Å². The van der Waals surface area contributed by atoms with Gasteiger partial charge in [-0.05, 0) is 53.5 Å². The lowest BCUT2D eigenvalue weighted by molar-refractivity contribution is 0.411. The lowest BCUT2D eigenvalue weighted by Gasteiger charge is -2.19. The number of nitrogens with zero attached hydrogens (tertiary/aromatic N) is 1. The van der Waals surface area contributed by atoms with Gasteiger partial charge in [0.25, 0.3) is 0 Å². The van der Waals surface area contributed by atoms with Crippen LogP contribution in [0.25, 0.3) is 33.8 Å². The number of aromatic nitrogens is 2. The van der Waals surface area contributed by atoms with Gasteiger partial charge >= 0.3 is 0 Å². The smallest absolute Gasteiger partial charge is 0.138 e. The van der Waals surface area contributed by atoms with E-state index in [9.17, 15) is 0 Å². The Labute approximate surface area is 180 Å². The molecule has 0 aliphatic carbocycles. The second kappa shape index (κ2) is 7.95. The van der Waals surface area contributed by atoms with Crippen LogP contribution in [0.4, 0.5) is 0 Å². The highest BCUT2D eigenvalue weighted by Gasteiger charge is 2.15. The van der Waals surface area contributed by atoms with Crippen molar-refractivity contribution in [2.24, 2.45) is 5.41 Å². The SMILES string of the molecule is Cc1cccc(C)c1-c1cnc(-c2ccccc2-c2cccc(CC(C)(C)C)c2)[nH]1. The highest BCUT2D eigenvalue weighted by Crippen LogP contribution is 2.34. The molecule has 2 heteroatoms. The van der Waals surface area contributed by atoms with Gasteiger partial charge < -0.3 is 4.98 Å². The normalized spacial score (nSPS) is 11.6. The van der Waals surface area contributed by atoms with Crippen LogP contribution in [0.2, 0.25) is 0 Å². The molecule has 4 aromatic rings. The fourth-order valence-corrected chi connectivity index (χ4v) is 4.23. The summed E-state index contributed by atoms with van der Waals surface area (Å²) in [6.45, 7) is 11.2. The van der Waals surface area contributed by atoms with Crippen LogP contribution in [-0.2, 0) is 6.42 Å². The highest BCUT2D eigenvalue weighted by molar-refractivity contribution is 5.82. The first-order valence-electron chi connectivity index (χ1n) is 10.6. The summed E-state index contributed by atoms with van der Waals surface area (Å²) >= 11 is 0. The Bertz CT molecular complexity index is 1150. The van der Waals surface area contributed by atoms with Crippen molar-refractivity contribution in [3.8, 4) is 33.8 Å². The molecule has 2 nitrogen and oxygen atoms in total. The second-order valence-corrected chi connectivity index (χ2v) is 9.40. The van der Waals surface area contributed by atoms with Gasteiger partial charge in [-0.3, -0.25) is 0 Å². The Kier molecular flexibility index (Phi) is 5.34. The summed E-state index contributed by atoms with van der Waals surface area (Å²) in [6.07, 6.45) is 3.01. The summed E-state index contributed by atoms with van der Waals surface area (Å²) in [6, 6.07) is 23.8. The topological polar surface area (TPSA) is 28.7 Å². The Balaban J connectivity index is 1.76. The Morgan fingerprint density at radius 3 is 2.17 bits per heavy atom. The van der Waals surface area contributed by atoms with Crippen LogP contribution in [0, 0.1) is 19.3 Å². The molecule has 0 radical (unpaired) electrons. The van der Waals surface area contributed by atoms with E-state index in [0.29, 0.717) is 0 Å². The van der Waals surface area contributed by atoms with Crippen molar-refractivity contribution in [3.05, 3.63) is 89.6 Å². The van der Waals surface area contributed by atoms with Crippen molar-refractivity contribution >= 4 is 0 Å². The summed E-state index contributed by atoms with van der Waals surface area (Å²) in [4.78, 5) is 8.34. The number of nitrogens with one attached hydrogen (secondary N) is 1. The zero-order valence-electron chi connectivity index (χ0n) is 18.6. The lowest BCUT2D eigenvalue weighted by atomic mass is 9.87. The van der Waals surface area contributed by atoms with E-state index in [1.165, 1.54) is 33.4 Å². The molecule has 1 heterocycles. The van der Waals surface area contributed by atoms with E-state index in [4.69, 9.17) is 4.98 Å². The Hall–Kier alpha value is -3.13. The number of H-pyrrole nitrogens is 1. The molecule has 0 aliphatic heterocycles. The van der Waals surface area contributed by atoms with E-state index in [2.05, 4.69) is 106 Å². The van der Waals surface area contributed by atoms with Crippen molar-refractivity contribution < 1.29 is 0 Å². The maximum Gasteiger partial charge on any atom is 0.138 e. The molecule has 0 amide bonds. The maximum atomic E-state index is 4.76. The van der Waals surface area contributed by atoms with Crippen LogP contribution in [0.15, 0.2) is 72.9 Å². The molecule has 3 aromatic carbocycles. The molecule has 0 spiro atoms. The molecule has 4 rings (SSSR count). The molecule has 152 valence electrons. The van der Waals surface area contributed by atoms with E-state index in [-0.39, 0.29) is 5.41 Å². The van der Waals surface area contributed by atoms with Gasteiger partial charge in [0.05, 0.1) is 11.9 Å². The van der Waals surface area contributed by atoms with Gasteiger partial charge in [-0.15, -0.1) is 0 Å². The average molecular weight is 395 g/mol. The maximum absolute atomic E-state index is 4.76. The standard InChI is InChI=1S/C28H30N2/c1-19-10-8-11-20(2)26(19)25-18-29-27(30-25)24-15-7-6-14-23(24)22-13-9-12-21(16-22)17-28(3,4)5/h6-16,18H,17H2,1-5H3,(H,29,30). The summed E-state index contributed by atoms with van der Waals surface area (Å²) in [5, 5.41) is 0. The fourth-order valence-electron chi connectivity index (χ4n) is 4.23. The van der Waals surface area contributed by atoms with Crippen LogP contribution in [0.5, 0.6) is 0 Å². The van der Waals surface area contributed by atoms with E-state index in [1.807, 2.05) is 6.20 Å². The van der Waals surface area contributed by atoms with Crippen LogP contribution in [0.3, 0.4) is 0 Å². The Morgan fingerprint density at radius 2 is 1.47 bits per heavy atom. The average Bonchev–Trinajstić information content (AvgIpc) is 3.16. The number of imidazole rings is 1. The third kappa shape index (κ3) is 4.23. The minimum atomic E-state index is 0.263. The van der Waals surface area contributed by atoms with Crippen molar-refractivity contribution in [2.45, 2.75) is 41.0 Å². The molecular weight excluding hydrogens is 364 g/mol. The number of aryl methyl sites for hydroxylation is 2. The van der Waals surface area contributed by atoms with E-state index in [0.717, 1.165) is 23.5 Å². The van der Waals surface area contributed by atoms with Crippen molar-refractivity contribution in [2.75, 3.05) is 0 Å². The van der Waals surface area contributed by atoms with Crippen molar-refractivity contribution in [1.82, 2.24) is 9.97 Å². The lowest BCUT2D eigenvalue weighted by Crippen LogP contribution is -2.09. The first-order chi connectivity index (χ1) is 14.3. The largest absolute Gasteiger partial charge is 0.338 e. The van der Waals surface area contributed by atoms with Crippen LogP contribution < -0.4 is 0 Å². The summed E-state index contributed by atoms with van der Waals surface area (Å²) in [5.74, 6) is 0.907. The van der Waals surface area contributed by atoms with E-state index in [1.54, 1.807) is 0 Å². The van der Waals surface area contributed by atoms with Crippen LogP contribution in [-0.4, -0.2) is 9.97 Å². The molecule has 1 aromatic heterocycles. The second-order valence-electron chi connectivity index (χ2n) is 9.40. The Morgan fingerprint density at radius 1 is 0.800 bits per heavy atom. The zero-order valence-corrected chi connectivity index (χ0v) is 18.6. The predicted molar refractivity (Wildman–Crippen MR) is 128 cm³/mol. The predicted octanol–water partition coefficient (Wildman–Crippen LogP) is 7.62. The number of benzene rings is 3. The molecule has 0 atom stereocenters. The minimum Gasteiger partial charge on any atom is -0.338 e. The summed E-state index contributed by atoms with van der Waals surface area (Å²) < 4.78 is 0. The van der Waals surface area contributed by atoms with Gasteiger partial charge in [0, 0.05) is 11.1 Å². The van der Waals surface area contributed by atoms with E-state index >= 15 is 0 Å². The van der Waals surface area contributed by atoms with Crippen LogP contribution in [0.1, 0.15) is 37.5 Å². The first kappa shape index (κ1) is 20.2. The van der Waals surface area contributed by atoms with Gasteiger partial charge in [-0.2, -0.15) is 0 Å².